The molecule has 3 rings (SSSR count). The molecule has 0 saturated heterocycles. The molecule has 0 aliphatic rings. The molecule has 0 unspecified atom stereocenters. The monoisotopic (exact) mass is 513 g/mol. The van der Waals surface area contributed by atoms with Gasteiger partial charge in [-0.05, 0) is 48.9 Å². The Morgan fingerprint density at radius 1 is 0.931 bits per heavy atom. The maximum atomic E-state index is 6.28. The molecule has 0 bridgehead atoms. The van der Waals surface area contributed by atoms with Gasteiger partial charge in [0.1, 0.15) is 6.61 Å². The van der Waals surface area contributed by atoms with Gasteiger partial charge < -0.3 is 14.8 Å². The molecule has 1 N–H and O–H groups in total. The van der Waals surface area contributed by atoms with Crippen molar-refractivity contribution >= 4 is 56.4 Å². The quantitative estimate of drug-likeness (QED) is 0.347. The lowest BCUT2D eigenvalue weighted by Crippen LogP contribution is -2.07. The number of benzene rings is 3. The minimum atomic E-state index is 0.217. The van der Waals surface area contributed by atoms with Crippen LogP contribution in [0.1, 0.15) is 16.7 Å². The summed E-state index contributed by atoms with van der Waals surface area (Å²) in [7, 11) is 1.61. The summed E-state index contributed by atoms with van der Waals surface area (Å²) < 4.78 is 12.5. The Morgan fingerprint density at radius 3 is 2.31 bits per heavy atom. The van der Waals surface area contributed by atoms with Crippen molar-refractivity contribution in [3.05, 3.63) is 84.8 Å². The van der Waals surface area contributed by atoms with E-state index in [1.807, 2.05) is 37.3 Å². The van der Waals surface area contributed by atoms with Crippen molar-refractivity contribution in [1.82, 2.24) is 0 Å². The second-order valence-electron chi connectivity index (χ2n) is 6.36. The van der Waals surface area contributed by atoms with Crippen molar-refractivity contribution < 1.29 is 9.47 Å². The normalized spacial score (nSPS) is 10.7. The smallest absolute Gasteiger partial charge is 0.167 e. The van der Waals surface area contributed by atoms with Crippen LogP contribution in [-0.4, -0.2) is 7.11 Å². The lowest BCUT2D eigenvalue weighted by Gasteiger charge is -2.18. The van der Waals surface area contributed by atoms with E-state index < -0.39 is 0 Å². The SMILES string of the molecule is COc1ccc(Br)c(CNc2ccc(C)c(Cl)c2)c1OCc1c(Cl)cccc1Cl. The van der Waals surface area contributed by atoms with E-state index in [4.69, 9.17) is 44.3 Å². The molecule has 152 valence electrons. The van der Waals surface area contributed by atoms with Crippen LogP contribution < -0.4 is 14.8 Å². The Labute approximate surface area is 194 Å². The Kier molecular flexibility index (Phi) is 7.58. The molecule has 29 heavy (non-hydrogen) atoms. The zero-order chi connectivity index (χ0) is 21.0. The molecule has 0 amide bonds. The summed E-state index contributed by atoms with van der Waals surface area (Å²) in [5.74, 6) is 1.23. The predicted octanol–water partition coefficient (Wildman–Crippen LogP) is 7.92. The van der Waals surface area contributed by atoms with E-state index in [-0.39, 0.29) is 6.61 Å². The third-order valence-electron chi connectivity index (χ3n) is 4.45. The number of halogens is 4. The Bertz CT molecular complexity index is 1010. The standard InChI is InChI=1S/C22H19BrCl3NO2/c1-13-6-7-14(10-20(13)26)27-11-15-17(23)8-9-21(28-2)22(15)29-12-16-18(24)4-3-5-19(16)25/h3-10,27H,11-12H2,1-2H3. The first-order valence-electron chi connectivity index (χ1n) is 8.81. The molecule has 0 saturated carbocycles. The van der Waals surface area contributed by atoms with Crippen LogP contribution in [0.3, 0.4) is 0 Å². The van der Waals surface area contributed by atoms with Crippen LogP contribution in [0.2, 0.25) is 15.1 Å². The van der Waals surface area contributed by atoms with Gasteiger partial charge in [0, 0.05) is 42.9 Å². The number of hydrogen-bond acceptors (Lipinski definition) is 3. The zero-order valence-corrected chi connectivity index (χ0v) is 19.7. The molecular formula is C22H19BrCl3NO2. The van der Waals surface area contributed by atoms with Crippen molar-refractivity contribution in [3.8, 4) is 11.5 Å². The maximum absolute atomic E-state index is 6.28. The Hall–Kier alpha value is -1.59. The summed E-state index contributed by atoms with van der Waals surface area (Å²) in [6.45, 7) is 2.69. The lowest BCUT2D eigenvalue weighted by atomic mass is 10.1. The molecule has 0 radical (unpaired) electrons. The van der Waals surface area contributed by atoms with Gasteiger partial charge in [-0.1, -0.05) is 62.9 Å². The van der Waals surface area contributed by atoms with Gasteiger partial charge >= 0.3 is 0 Å². The second-order valence-corrected chi connectivity index (χ2v) is 8.44. The molecule has 0 aromatic heterocycles. The number of rotatable bonds is 7. The predicted molar refractivity (Wildman–Crippen MR) is 125 cm³/mol. The molecule has 3 aromatic carbocycles. The van der Waals surface area contributed by atoms with Crippen molar-refractivity contribution in [2.45, 2.75) is 20.1 Å². The van der Waals surface area contributed by atoms with Gasteiger partial charge in [0.25, 0.3) is 0 Å². The molecule has 3 nitrogen and oxygen atoms in total. The Morgan fingerprint density at radius 2 is 1.66 bits per heavy atom. The molecule has 0 fully saturated rings. The average molecular weight is 516 g/mol. The highest BCUT2D eigenvalue weighted by atomic mass is 79.9. The summed E-state index contributed by atoms with van der Waals surface area (Å²) in [6.07, 6.45) is 0. The van der Waals surface area contributed by atoms with Gasteiger partial charge in [0.15, 0.2) is 11.5 Å². The highest BCUT2D eigenvalue weighted by Crippen LogP contribution is 2.38. The number of nitrogens with one attached hydrogen (secondary N) is 1. The molecule has 0 atom stereocenters. The van der Waals surface area contributed by atoms with Gasteiger partial charge in [-0.2, -0.15) is 0 Å². The first kappa shape index (κ1) is 22.1. The highest BCUT2D eigenvalue weighted by Gasteiger charge is 2.16. The zero-order valence-electron chi connectivity index (χ0n) is 15.9. The van der Waals surface area contributed by atoms with Crippen molar-refractivity contribution in [1.29, 1.82) is 0 Å². The minimum absolute atomic E-state index is 0.217. The molecule has 0 spiro atoms. The summed E-state index contributed by atoms with van der Waals surface area (Å²) >= 11 is 22.4. The largest absolute Gasteiger partial charge is 0.493 e. The number of anilines is 1. The van der Waals surface area contributed by atoms with Crippen LogP contribution in [0.4, 0.5) is 5.69 Å². The molecule has 7 heteroatoms. The third kappa shape index (κ3) is 5.32. The minimum Gasteiger partial charge on any atom is -0.493 e. The van der Waals surface area contributed by atoms with E-state index in [0.717, 1.165) is 26.9 Å². The van der Waals surface area contributed by atoms with Crippen LogP contribution in [0, 0.1) is 6.92 Å². The van der Waals surface area contributed by atoms with E-state index in [2.05, 4.69) is 21.2 Å². The van der Waals surface area contributed by atoms with Crippen LogP contribution in [0.15, 0.2) is 53.0 Å². The van der Waals surface area contributed by atoms with Crippen molar-refractivity contribution in [3.63, 3.8) is 0 Å². The third-order valence-corrected chi connectivity index (χ3v) is 6.31. The Balaban J connectivity index is 1.87. The van der Waals surface area contributed by atoms with Crippen LogP contribution in [0.5, 0.6) is 11.5 Å². The fourth-order valence-corrected chi connectivity index (χ4v) is 3.91. The van der Waals surface area contributed by atoms with Crippen molar-refractivity contribution in [2.75, 3.05) is 12.4 Å². The number of methoxy groups -OCH3 is 1. The molecular weight excluding hydrogens is 497 g/mol. The van der Waals surface area contributed by atoms with Crippen LogP contribution in [0.25, 0.3) is 0 Å². The summed E-state index contributed by atoms with van der Waals surface area (Å²) in [5, 5.41) is 5.20. The lowest BCUT2D eigenvalue weighted by molar-refractivity contribution is 0.281. The van der Waals surface area contributed by atoms with Gasteiger partial charge in [-0.3, -0.25) is 0 Å². The summed E-state index contributed by atoms with van der Waals surface area (Å²) in [5.41, 5.74) is 3.57. The van der Waals surface area contributed by atoms with Gasteiger partial charge in [-0.25, -0.2) is 0 Å². The topological polar surface area (TPSA) is 30.5 Å². The van der Waals surface area contributed by atoms with Crippen molar-refractivity contribution in [2.24, 2.45) is 0 Å². The fraction of sp³-hybridized carbons (Fsp3) is 0.182. The molecule has 3 aromatic rings. The van der Waals surface area contributed by atoms with E-state index in [1.54, 1.807) is 25.3 Å². The number of aryl methyl sites for hydroxylation is 1. The van der Waals surface area contributed by atoms with E-state index in [1.165, 1.54) is 0 Å². The van der Waals surface area contributed by atoms with E-state index in [9.17, 15) is 0 Å². The molecule has 0 heterocycles. The summed E-state index contributed by atoms with van der Waals surface area (Å²) in [6, 6.07) is 15.0. The highest BCUT2D eigenvalue weighted by molar-refractivity contribution is 9.10. The maximum Gasteiger partial charge on any atom is 0.167 e. The average Bonchev–Trinajstić information content (AvgIpc) is 2.69. The van der Waals surface area contributed by atoms with Gasteiger partial charge in [-0.15, -0.1) is 0 Å². The summed E-state index contributed by atoms with van der Waals surface area (Å²) in [4.78, 5) is 0. The van der Waals surface area contributed by atoms with E-state index in [0.29, 0.717) is 33.1 Å². The van der Waals surface area contributed by atoms with Crippen LogP contribution in [-0.2, 0) is 13.2 Å². The first-order chi connectivity index (χ1) is 13.9. The van der Waals surface area contributed by atoms with E-state index >= 15 is 0 Å². The van der Waals surface area contributed by atoms with Crippen LogP contribution >= 0.6 is 50.7 Å². The number of hydrogen-bond donors (Lipinski definition) is 1. The molecule has 0 aliphatic carbocycles. The molecule has 0 aliphatic heterocycles. The van der Waals surface area contributed by atoms with Gasteiger partial charge in [0.2, 0.25) is 0 Å². The van der Waals surface area contributed by atoms with Gasteiger partial charge in [0.05, 0.1) is 7.11 Å². The first-order valence-corrected chi connectivity index (χ1v) is 10.7. The number of ether oxygens (including phenoxy) is 2. The fourth-order valence-electron chi connectivity index (χ4n) is 2.77. The second kappa shape index (κ2) is 9.94.